The van der Waals surface area contributed by atoms with Gasteiger partial charge in [0.05, 0.1) is 0 Å². The number of allylic oxidation sites excluding steroid dienone is 1. The van der Waals surface area contributed by atoms with Crippen LogP contribution in [0.2, 0.25) is 0 Å². The maximum absolute atomic E-state index is 10.4. The molecule has 0 unspecified atom stereocenters. The van der Waals surface area contributed by atoms with Gasteiger partial charge in [0, 0.05) is 10.8 Å². The van der Waals surface area contributed by atoms with Crippen LogP contribution in [0.15, 0.2) is 23.5 Å². The normalized spacial score (nSPS) is 12.1. The van der Waals surface area contributed by atoms with Crippen LogP contribution < -0.4 is 0 Å². The van der Waals surface area contributed by atoms with E-state index in [2.05, 4.69) is 6.58 Å². The zero-order valence-corrected chi connectivity index (χ0v) is 5.48. The minimum absolute atomic E-state index is 0.910. The molecule has 0 rings (SSSR count). The summed E-state index contributed by atoms with van der Waals surface area (Å²) < 4.78 is 20.8. The molecule has 8 heavy (non-hydrogen) atoms. The van der Waals surface area contributed by atoms with Crippen molar-refractivity contribution in [3.05, 3.63) is 23.5 Å². The van der Waals surface area contributed by atoms with Gasteiger partial charge in [0.2, 0.25) is 0 Å². The second-order valence-electron chi connectivity index (χ2n) is 1.23. The Bertz CT molecular complexity index is 186. The maximum atomic E-state index is 10.4. The predicted molar refractivity (Wildman–Crippen MR) is 33.9 cm³/mol. The van der Waals surface area contributed by atoms with E-state index in [9.17, 15) is 8.42 Å². The number of hydrogen-bond donors (Lipinski definition) is 0. The predicted octanol–water partition coefficient (Wildman–Crippen LogP) is 1.08. The second kappa shape index (κ2) is 2.67. The molecule has 0 aromatic rings. The minimum Gasteiger partial charge on any atom is -0.220 e. The largest absolute Gasteiger partial charge is 0.220 e. The summed E-state index contributed by atoms with van der Waals surface area (Å²) in [5.74, 6) is 0. The fraction of sp³-hybridized carbons (Fsp3) is 0.200. The average Bonchev–Trinajstić information content (AvgIpc) is 1.67. The summed E-state index contributed by atoms with van der Waals surface area (Å²) >= 11 is 0. The van der Waals surface area contributed by atoms with Crippen molar-refractivity contribution in [2.45, 2.75) is 6.92 Å². The molecule has 0 heterocycles. The molecule has 2 nitrogen and oxygen atoms in total. The molecule has 0 saturated heterocycles. The first kappa shape index (κ1) is 7.43. The highest BCUT2D eigenvalue weighted by Crippen LogP contribution is 1.90. The van der Waals surface area contributed by atoms with Gasteiger partial charge in [-0.25, -0.2) is 8.42 Å². The van der Waals surface area contributed by atoms with Crippen molar-refractivity contribution >= 4 is 9.84 Å². The van der Waals surface area contributed by atoms with Crippen LogP contribution in [0.4, 0.5) is 0 Å². The third-order valence-electron chi connectivity index (χ3n) is 0.558. The molecule has 0 aromatic heterocycles. The Morgan fingerprint density at radius 3 is 2.12 bits per heavy atom. The maximum Gasteiger partial charge on any atom is 0.192 e. The summed E-state index contributed by atoms with van der Waals surface area (Å²) in [5.41, 5.74) is 0. The second-order valence-corrected chi connectivity index (χ2v) is 3.01. The first-order valence-corrected chi connectivity index (χ1v) is 3.73. The van der Waals surface area contributed by atoms with E-state index in [1.165, 1.54) is 6.08 Å². The summed E-state index contributed by atoms with van der Waals surface area (Å²) in [6, 6.07) is 0. The van der Waals surface area contributed by atoms with Gasteiger partial charge in [0.25, 0.3) is 0 Å². The van der Waals surface area contributed by atoms with Crippen LogP contribution in [0.1, 0.15) is 6.92 Å². The van der Waals surface area contributed by atoms with E-state index >= 15 is 0 Å². The molecule has 0 N–H and O–H groups in total. The van der Waals surface area contributed by atoms with Crippen molar-refractivity contribution in [1.29, 1.82) is 0 Å². The van der Waals surface area contributed by atoms with Gasteiger partial charge in [0.15, 0.2) is 9.84 Å². The van der Waals surface area contributed by atoms with E-state index in [0.717, 1.165) is 10.8 Å². The Hall–Kier alpha value is -0.570. The molecule has 0 aliphatic rings. The topological polar surface area (TPSA) is 34.1 Å². The van der Waals surface area contributed by atoms with Crippen LogP contribution in [-0.4, -0.2) is 8.42 Å². The zero-order chi connectivity index (χ0) is 6.62. The first-order valence-electron chi connectivity index (χ1n) is 2.12. The molecule has 0 atom stereocenters. The third-order valence-corrected chi connectivity index (χ3v) is 1.67. The van der Waals surface area contributed by atoms with Crippen molar-refractivity contribution in [1.82, 2.24) is 0 Å². The van der Waals surface area contributed by atoms with Gasteiger partial charge in [-0.3, -0.25) is 0 Å². The highest BCUT2D eigenvalue weighted by Gasteiger charge is 1.92. The number of hydrogen-bond acceptors (Lipinski definition) is 2. The van der Waals surface area contributed by atoms with Crippen LogP contribution in [0.3, 0.4) is 0 Å². The summed E-state index contributed by atoms with van der Waals surface area (Å²) in [6.45, 7) is 4.75. The van der Waals surface area contributed by atoms with Gasteiger partial charge in [-0.2, -0.15) is 0 Å². The number of sulfone groups is 1. The molecule has 0 bridgehead atoms. The minimum atomic E-state index is -3.09. The Morgan fingerprint density at radius 1 is 1.50 bits per heavy atom. The SMILES string of the molecule is C=CS(=O)(=O)/C=C\C. The van der Waals surface area contributed by atoms with Crippen molar-refractivity contribution in [3.63, 3.8) is 0 Å². The van der Waals surface area contributed by atoms with Gasteiger partial charge >= 0.3 is 0 Å². The van der Waals surface area contributed by atoms with Gasteiger partial charge in [-0.05, 0) is 6.92 Å². The molecule has 0 aromatic carbocycles. The van der Waals surface area contributed by atoms with E-state index in [1.807, 2.05) is 0 Å². The van der Waals surface area contributed by atoms with Crippen molar-refractivity contribution < 1.29 is 8.42 Å². The molecular weight excluding hydrogens is 124 g/mol. The van der Waals surface area contributed by atoms with Crippen LogP contribution >= 0.6 is 0 Å². The van der Waals surface area contributed by atoms with Gasteiger partial charge in [-0.1, -0.05) is 12.7 Å². The van der Waals surface area contributed by atoms with E-state index in [0.29, 0.717) is 0 Å². The van der Waals surface area contributed by atoms with Gasteiger partial charge in [0.1, 0.15) is 0 Å². The third kappa shape index (κ3) is 2.58. The molecule has 0 fully saturated rings. The van der Waals surface area contributed by atoms with Crippen molar-refractivity contribution in [2.24, 2.45) is 0 Å². The fourth-order valence-corrected chi connectivity index (χ4v) is 0.736. The van der Waals surface area contributed by atoms with E-state index in [1.54, 1.807) is 6.92 Å². The van der Waals surface area contributed by atoms with Crippen LogP contribution in [0.25, 0.3) is 0 Å². The molecule has 0 aliphatic carbocycles. The summed E-state index contributed by atoms with van der Waals surface area (Å²) in [5, 5.41) is 2.01. The lowest BCUT2D eigenvalue weighted by Crippen LogP contribution is -1.84. The lowest BCUT2D eigenvalue weighted by Gasteiger charge is -1.80. The van der Waals surface area contributed by atoms with Crippen LogP contribution in [0, 0.1) is 0 Å². The Labute approximate surface area is 49.4 Å². The molecule has 46 valence electrons. The Morgan fingerprint density at radius 2 is 2.00 bits per heavy atom. The van der Waals surface area contributed by atoms with Crippen molar-refractivity contribution in [3.8, 4) is 0 Å². The van der Waals surface area contributed by atoms with Gasteiger partial charge in [-0.15, -0.1) is 0 Å². The van der Waals surface area contributed by atoms with E-state index in [-0.39, 0.29) is 0 Å². The van der Waals surface area contributed by atoms with Crippen LogP contribution in [-0.2, 0) is 9.84 Å². The Kier molecular flexibility index (Phi) is 2.48. The molecule has 0 saturated carbocycles. The highest BCUT2D eigenvalue weighted by atomic mass is 32.2. The molecular formula is C5H8O2S. The smallest absolute Gasteiger partial charge is 0.192 e. The van der Waals surface area contributed by atoms with E-state index < -0.39 is 9.84 Å². The van der Waals surface area contributed by atoms with E-state index in [4.69, 9.17) is 0 Å². The molecule has 3 heteroatoms. The van der Waals surface area contributed by atoms with Crippen molar-refractivity contribution in [2.75, 3.05) is 0 Å². The molecule has 0 aliphatic heterocycles. The summed E-state index contributed by atoms with van der Waals surface area (Å²) in [6.07, 6.45) is 1.46. The fourth-order valence-electron chi connectivity index (χ4n) is 0.245. The lowest BCUT2D eigenvalue weighted by molar-refractivity contribution is 0.612. The summed E-state index contributed by atoms with van der Waals surface area (Å²) in [7, 11) is -3.09. The average molecular weight is 132 g/mol. The monoisotopic (exact) mass is 132 g/mol. The standard InChI is InChI=1S/C5H8O2S/c1-3-5-8(6,7)4-2/h3-5H,2H2,1H3/b5-3-. The molecule has 0 amide bonds. The van der Waals surface area contributed by atoms with Crippen LogP contribution in [0.5, 0.6) is 0 Å². The Balaban J connectivity index is 4.41. The first-order chi connectivity index (χ1) is 3.62. The zero-order valence-electron chi connectivity index (χ0n) is 4.66. The summed E-state index contributed by atoms with van der Waals surface area (Å²) in [4.78, 5) is 0. The molecule has 0 spiro atoms. The molecule has 0 radical (unpaired) electrons. The number of rotatable bonds is 2. The highest BCUT2D eigenvalue weighted by molar-refractivity contribution is 7.97. The van der Waals surface area contributed by atoms with Gasteiger partial charge < -0.3 is 0 Å². The quantitative estimate of drug-likeness (QED) is 0.563. The lowest BCUT2D eigenvalue weighted by atomic mass is 10.8.